The number of hydrogen-bond acceptors (Lipinski definition) is 1. The molecule has 1 amide bonds. The molecule has 19 heavy (non-hydrogen) atoms. The zero-order chi connectivity index (χ0) is 14.0. The van der Waals surface area contributed by atoms with Crippen molar-refractivity contribution >= 4 is 39.1 Å². The van der Waals surface area contributed by atoms with Crippen LogP contribution in [0.15, 0.2) is 40.9 Å². The fourth-order valence-corrected chi connectivity index (χ4v) is 2.17. The fraction of sp³-hybridized carbons (Fsp3) is 0.0714. The summed E-state index contributed by atoms with van der Waals surface area (Å²) >= 11 is 9.18. The minimum Gasteiger partial charge on any atom is -0.321 e. The molecular formula is C14H10BrClFNO. The molecule has 0 aliphatic rings. The molecule has 0 aromatic heterocycles. The van der Waals surface area contributed by atoms with Crippen LogP contribution in [0.1, 0.15) is 15.9 Å². The Bertz CT molecular complexity index is 625. The number of carbonyl (C=O) groups excluding carboxylic acids is 1. The monoisotopic (exact) mass is 341 g/mol. The molecule has 0 saturated carbocycles. The van der Waals surface area contributed by atoms with Crippen molar-refractivity contribution < 1.29 is 9.18 Å². The normalized spacial score (nSPS) is 10.3. The van der Waals surface area contributed by atoms with E-state index in [9.17, 15) is 9.18 Å². The van der Waals surface area contributed by atoms with Crippen molar-refractivity contribution in [3.63, 3.8) is 0 Å². The Kier molecular flexibility index (Phi) is 4.22. The van der Waals surface area contributed by atoms with Crippen molar-refractivity contribution in [1.82, 2.24) is 0 Å². The highest BCUT2D eigenvalue weighted by Crippen LogP contribution is 2.26. The Hall–Kier alpha value is -1.39. The van der Waals surface area contributed by atoms with E-state index in [1.807, 2.05) is 0 Å². The predicted octanol–water partition coefficient (Wildman–Crippen LogP) is 4.80. The van der Waals surface area contributed by atoms with Gasteiger partial charge in [-0.3, -0.25) is 4.79 Å². The number of carbonyl (C=O) groups is 1. The van der Waals surface area contributed by atoms with Crippen LogP contribution in [0.4, 0.5) is 10.1 Å². The van der Waals surface area contributed by atoms with Crippen molar-refractivity contribution in [1.29, 1.82) is 0 Å². The maximum Gasteiger partial charge on any atom is 0.255 e. The van der Waals surface area contributed by atoms with Gasteiger partial charge in [-0.25, -0.2) is 4.39 Å². The molecule has 0 aliphatic carbocycles. The smallest absolute Gasteiger partial charge is 0.255 e. The molecule has 0 atom stereocenters. The average molecular weight is 343 g/mol. The van der Waals surface area contributed by atoms with Crippen LogP contribution in [0.25, 0.3) is 0 Å². The number of benzene rings is 2. The Morgan fingerprint density at radius 1 is 1.26 bits per heavy atom. The standard InChI is InChI=1S/C14H10BrClFNO/c1-8-4-9(6-11(17)5-8)14(19)18-13-7-10(16)2-3-12(13)15/h2-7H,1H3,(H,18,19). The van der Waals surface area contributed by atoms with Gasteiger partial charge in [-0.05, 0) is 64.8 Å². The van der Waals surface area contributed by atoms with Crippen molar-refractivity contribution in [2.75, 3.05) is 5.32 Å². The first-order valence-corrected chi connectivity index (χ1v) is 6.66. The second-order valence-electron chi connectivity index (χ2n) is 4.10. The van der Waals surface area contributed by atoms with E-state index in [0.29, 0.717) is 20.7 Å². The maximum absolute atomic E-state index is 13.3. The third-order valence-electron chi connectivity index (χ3n) is 2.48. The first kappa shape index (κ1) is 14.0. The van der Waals surface area contributed by atoms with E-state index in [2.05, 4.69) is 21.2 Å². The number of hydrogen-bond donors (Lipinski definition) is 1. The summed E-state index contributed by atoms with van der Waals surface area (Å²) in [6, 6.07) is 9.24. The van der Waals surface area contributed by atoms with Crippen LogP contribution in [-0.4, -0.2) is 5.91 Å². The molecule has 0 fully saturated rings. The minimum absolute atomic E-state index is 0.268. The summed E-state index contributed by atoms with van der Waals surface area (Å²) < 4.78 is 14.0. The first-order valence-electron chi connectivity index (χ1n) is 5.49. The largest absolute Gasteiger partial charge is 0.321 e. The van der Waals surface area contributed by atoms with Crippen LogP contribution in [-0.2, 0) is 0 Å². The summed E-state index contributed by atoms with van der Waals surface area (Å²) in [4.78, 5) is 12.0. The number of anilines is 1. The van der Waals surface area contributed by atoms with E-state index < -0.39 is 5.82 Å². The first-order chi connectivity index (χ1) is 8.95. The lowest BCUT2D eigenvalue weighted by molar-refractivity contribution is 0.102. The molecular weight excluding hydrogens is 333 g/mol. The van der Waals surface area contributed by atoms with Gasteiger partial charge in [0.2, 0.25) is 0 Å². The fourth-order valence-electron chi connectivity index (χ4n) is 1.66. The average Bonchev–Trinajstić information content (AvgIpc) is 2.32. The number of rotatable bonds is 2. The van der Waals surface area contributed by atoms with Crippen LogP contribution >= 0.6 is 27.5 Å². The predicted molar refractivity (Wildman–Crippen MR) is 78.2 cm³/mol. The van der Waals surface area contributed by atoms with Crippen LogP contribution in [0, 0.1) is 12.7 Å². The molecule has 0 aliphatic heterocycles. The molecule has 5 heteroatoms. The SMILES string of the molecule is Cc1cc(F)cc(C(=O)Nc2cc(Cl)ccc2Br)c1. The molecule has 0 spiro atoms. The number of halogens is 3. The number of aryl methyl sites for hydroxylation is 1. The second-order valence-corrected chi connectivity index (χ2v) is 5.39. The molecule has 0 heterocycles. The second kappa shape index (κ2) is 5.72. The third kappa shape index (κ3) is 3.55. The van der Waals surface area contributed by atoms with Gasteiger partial charge in [-0.1, -0.05) is 11.6 Å². The molecule has 2 nitrogen and oxygen atoms in total. The lowest BCUT2D eigenvalue weighted by atomic mass is 10.1. The van der Waals surface area contributed by atoms with Gasteiger partial charge in [-0.15, -0.1) is 0 Å². The third-order valence-corrected chi connectivity index (χ3v) is 3.41. The highest BCUT2D eigenvalue weighted by Gasteiger charge is 2.10. The number of amides is 1. The molecule has 0 saturated heterocycles. The highest BCUT2D eigenvalue weighted by atomic mass is 79.9. The number of nitrogens with one attached hydrogen (secondary N) is 1. The van der Waals surface area contributed by atoms with E-state index >= 15 is 0 Å². The molecule has 2 aromatic rings. The van der Waals surface area contributed by atoms with Crippen LogP contribution in [0.3, 0.4) is 0 Å². The molecule has 0 radical (unpaired) electrons. The molecule has 0 unspecified atom stereocenters. The van der Waals surface area contributed by atoms with Crippen LogP contribution in [0.2, 0.25) is 5.02 Å². The summed E-state index contributed by atoms with van der Waals surface area (Å²) in [5.74, 6) is -0.819. The van der Waals surface area contributed by atoms with Gasteiger partial charge in [0.15, 0.2) is 0 Å². The van der Waals surface area contributed by atoms with Crippen LogP contribution < -0.4 is 5.32 Å². The zero-order valence-corrected chi connectivity index (χ0v) is 12.3. The Labute approximate surface area is 123 Å². The summed E-state index contributed by atoms with van der Waals surface area (Å²) in [6.07, 6.45) is 0. The molecule has 98 valence electrons. The molecule has 2 aromatic carbocycles. The van der Waals surface area contributed by atoms with E-state index in [0.717, 1.165) is 0 Å². The lowest BCUT2D eigenvalue weighted by Crippen LogP contribution is -2.12. The van der Waals surface area contributed by atoms with Gasteiger partial charge in [-0.2, -0.15) is 0 Å². The van der Waals surface area contributed by atoms with Gasteiger partial charge in [0.25, 0.3) is 5.91 Å². The lowest BCUT2D eigenvalue weighted by Gasteiger charge is -2.08. The van der Waals surface area contributed by atoms with E-state index in [4.69, 9.17) is 11.6 Å². The summed E-state index contributed by atoms with van der Waals surface area (Å²) in [5, 5.41) is 3.19. The van der Waals surface area contributed by atoms with E-state index in [-0.39, 0.29) is 11.5 Å². The minimum atomic E-state index is -0.435. The Morgan fingerprint density at radius 3 is 2.68 bits per heavy atom. The molecule has 0 bridgehead atoms. The van der Waals surface area contributed by atoms with Crippen molar-refractivity contribution in [2.45, 2.75) is 6.92 Å². The summed E-state index contributed by atoms with van der Waals surface area (Å²) in [6.45, 7) is 1.73. The maximum atomic E-state index is 13.3. The van der Waals surface area contributed by atoms with Crippen molar-refractivity contribution in [2.24, 2.45) is 0 Å². The topological polar surface area (TPSA) is 29.1 Å². The van der Waals surface area contributed by atoms with E-state index in [1.54, 1.807) is 31.2 Å². The van der Waals surface area contributed by atoms with E-state index in [1.165, 1.54) is 12.1 Å². The van der Waals surface area contributed by atoms with Crippen LogP contribution in [0.5, 0.6) is 0 Å². The summed E-state index contributed by atoms with van der Waals surface area (Å²) in [5.41, 5.74) is 1.50. The highest BCUT2D eigenvalue weighted by molar-refractivity contribution is 9.10. The Balaban J connectivity index is 2.28. The summed E-state index contributed by atoms with van der Waals surface area (Å²) in [7, 11) is 0. The van der Waals surface area contributed by atoms with Gasteiger partial charge in [0.1, 0.15) is 5.82 Å². The zero-order valence-electron chi connectivity index (χ0n) is 10.0. The van der Waals surface area contributed by atoms with Crippen molar-refractivity contribution in [3.05, 3.63) is 62.8 Å². The quantitative estimate of drug-likeness (QED) is 0.834. The molecule has 1 N–H and O–H groups in total. The van der Waals surface area contributed by atoms with Gasteiger partial charge in [0, 0.05) is 15.1 Å². The van der Waals surface area contributed by atoms with Gasteiger partial charge in [0.05, 0.1) is 5.69 Å². The van der Waals surface area contributed by atoms with Gasteiger partial charge < -0.3 is 5.32 Å². The Morgan fingerprint density at radius 2 is 2.00 bits per heavy atom. The van der Waals surface area contributed by atoms with Gasteiger partial charge >= 0.3 is 0 Å². The molecule has 2 rings (SSSR count). The van der Waals surface area contributed by atoms with Crippen molar-refractivity contribution in [3.8, 4) is 0 Å².